The van der Waals surface area contributed by atoms with E-state index in [9.17, 15) is 9.59 Å². The van der Waals surface area contributed by atoms with Gasteiger partial charge in [-0.15, -0.1) is 0 Å². The predicted octanol–water partition coefficient (Wildman–Crippen LogP) is 2.33. The van der Waals surface area contributed by atoms with E-state index in [1.165, 1.54) is 6.26 Å². The van der Waals surface area contributed by atoms with Crippen molar-refractivity contribution in [2.24, 2.45) is 5.41 Å². The topological polar surface area (TPSA) is 66.7 Å². The molecule has 2 aliphatic heterocycles. The Morgan fingerprint density at radius 2 is 1.92 bits per heavy atom. The number of piperidine rings is 1. The van der Waals surface area contributed by atoms with Gasteiger partial charge in [0.25, 0.3) is 5.91 Å². The van der Waals surface area contributed by atoms with Crippen molar-refractivity contribution in [2.45, 2.75) is 25.8 Å². The van der Waals surface area contributed by atoms with Crippen LogP contribution >= 0.6 is 0 Å². The summed E-state index contributed by atoms with van der Waals surface area (Å²) in [7, 11) is 0. The summed E-state index contributed by atoms with van der Waals surface area (Å²) in [5.41, 5.74) is 0.604. The van der Waals surface area contributed by atoms with Crippen molar-refractivity contribution in [3.63, 3.8) is 0 Å². The van der Waals surface area contributed by atoms with E-state index in [1.807, 2.05) is 23.1 Å². The lowest BCUT2D eigenvalue weighted by Gasteiger charge is -2.37. The summed E-state index contributed by atoms with van der Waals surface area (Å²) in [5, 5.41) is 0. The van der Waals surface area contributed by atoms with Crippen LogP contribution in [0.1, 0.15) is 35.5 Å². The molecule has 0 N–H and O–H groups in total. The first-order valence-corrected chi connectivity index (χ1v) is 8.70. The Morgan fingerprint density at radius 1 is 1.12 bits per heavy atom. The molecule has 2 aromatic rings. The van der Waals surface area contributed by atoms with Crippen molar-refractivity contribution < 1.29 is 14.0 Å². The van der Waals surface area contributed by atoms with Crippen LogP contribution in [0.25, 0.3) is 0 Å². The van der Waals surface area contributed by atoms with Crippen LogP contribution in [0.4, 0.5) is 0 Å². The molecule has 4 heterocycles. The van der Waals surface area contributed by atoms with Crippen LogP contribution in [0.15, 0.2) is 47.2 Å². The Labute approximate surface area is 146 Å². The second-order valence-corrected chi connectivity index (χ2v) is 6.85. The zero-order valence-electron chi connectivity index (χ0n) is 14.1. The molecule has 0 aromatic carbocycles. The van der Waals surface area contributed by atoms with Crippen molar-refractivity contribution in [2.75, 3.05) is 19.6 Å². The zero-order chi connectivity index (χ0) is 17.3. The molecule has 25 heavy (non-hydrogen) atoms. The molecule has 0 aliphatic carbocycles. The summed E-state index contributed by atoms with van der Waals surface area (Å²) < 4.78 is 5.20. The average Bonchev–Trinajstić information content (AvgIpc) is 3.28. The van der Waals surface area contributed by atoms with Crippen LogP contribution in [-0.4, -0.2) is 46.2 Å². The van der Waals surface area contributed by atoms with Gasteiger partial charge in [-0.3, -0.25) is 14.6 Å². The normalized spacial score (nSPS) is 19.6. The van der Waals surface area contributed by atoms with E-state index >= 15 is 0 Å². The number of hydrogen-bond acceptors (Lipinski definition) is 4. The van der Waals surface area contributed by atoms with Gasteiger partial charge in [0.05, 0.1) is 23.9 Å². The number of aromatic nitrogens is 1. The molecule has 0 saturated carbocycles. The molecule has 2 fully saturated rings. The number of carbonyl (C=O) groups is 2. The van der Waals surface area contributed by atoms with E-state index in [0.717, 1.165) is 31.5 Å². The highest BCUT2D eigenvalue weighted by atomic mass is 16.3. The largest absolute Gasteiger partial charge is 0.459 e. The third kappa shape index (κ3) is 2.92. The number of carbonyl (C=O) groups excluding carboxylic acids is 2. The minimum Gasteiger partial charge on any atom is -0.459 e. The van der Waals surface area contributed by atoms with Crippen molar-refractivity contribution in [1.82, 2.24) is 14.8 Å². The fourth-order valence-electron chi connectivity index (χ4n) is 3.89. The molecule has 1 spiro atoms. The number of hydrogen-bond donors (Lipinski definition) is 0. The first-order valence-electron chi connectivity index (χ1n) is 8.70. The quantitative estimate of drug-likeness (QED) is 0.861. The highest BCUT2D eigenvalue weighted by Gasteiger charge is 2.48. The Bertz CT molecular complexity index is 749. The maximum atomic E-state index is 13.0. The Hall–Kier alpha value is -2.63. The van der Waals surface area contributed by atoms with Gasteiger partial charge in [0.15, 0.2) is 5.76 Å². The van der Waals surface area contributed by atoms with Gasteiger partial charge in [-0.1, -0.05) is 6.07 Å². The van der Waals surface area contributed by atoms with Crippen molar-refractivity contribution in [3.05, 3.63) is 54.2 Å². The molecule has 2 amide bonds. The lowest BCUT2D eigenvalue weighted by atomic mass is 9.77. The van der Waals surface area contributed by atoms with Crippen LogP contribution < -0.4 is 0 Å². The van der Waals surface area contributed by atoms with Gasteiger partial charge in [-0.25, -0.2) is 0 Å². The molecular formula is C19H21N3O3. The molecule has 0 unspecified atom stereocenters. The summed E-state index contributed by atoms with van der Waals surface area (Å²) in [6, 6.07) is 9.17. The van der Waals surface area contributed by atoms with Gasteiger partial charge in [0.2, 0.25) is 5.91 Å². The van der Waals surface area contributed by atoms with Gasteiger partial charge in [0.1, 0.15) is 0 Å². The number of likely N-dealkylation sites (tertiary alicyclic amines) is 2. The molecular weight excluding hydrogens is 318 g/mol. The van der Waals surface area contributed by atoms with Gasteiger partial charge in [-0.05, 0) is 43.5 Å². The fourth-order valence-corrected chi connectivity index (χ4v) is 3.89. The minimum absolute atomic E-state index is 0.0874. The standard InChI is InChI=1S/C19H21N3O3/c23-17(16-5-3-13-25-16)21-10-6-19(7-11-21)8-12-22(18(19)24)14-15-4-1-2-9-20-15/h1-5,9,13H,6-8,10-12,14H2. The molecule has 4 rings (SSSR count). The molecule has 0 atom stereocenters. The molecule has 6 nitrogen and oxygen atoms in total. The molecule has 2 saturated heterocycles. The van der Waals surface area contributed by atoms with Crippen molar-refractivity contribution in [3.8, 4) is 0 Å². The zero-order valence-corrected chi connectivity index (χ0v) is 14.1. The fraction of sp³-hybridized carbons (Fsp3) is 0.421. The van der Waals surface area contributed by atoms with Gasteiger partial charge in [-0.2, -0.15) is 0 Å². The summed E-state index contributed by atoms with van der Waals surface area (Å²) in [4.78, 5) is 33.4. The lowest BCUT2D eigenvalue weighted by Crippen LogP contribution is -2.46. The molecule has 2 aliphatic rings. The van der Waals surface area contributed by atoms with E-state index < -0.39 is 0 Å². The van der Waals surface area contributed by atoms with E-state index in [1.54, 1.807) is 23.2 Å². The number of furan rings is 1. The second kappa shape index (κ2) is 6.35. The molecule has 0 radical (unpaired) electrons. The highest BCUT2D eigenvalue weighted by Crippen LogP contribution is 2.42. The van der Waals surface area contributed by atoms with E-state index in [2.05, 4.69) is 4.98 Å². The summed E-state index contributed by atoms with van der Waals surface area (Å²) >= 11 is 0. The predicted molar refractivity (Wildman–Crippen MR) is 90.5 cm³/mol. The van der Waals surface area contributed by atoms with E-state index in [-0.39, 0.29) is 17.2 Å². The minimum atomic E-state index is -0.311. The van der Waals surface area contributed by atoms with Crippen LogP contribution in [-0.2, 0) is 11.3 Å². The second-order valence-electron chi connectivity index (χ2n) is 6.85. The van der Waals surface area contributed by atoms with Crippen LogP contribution in [0, 0.1) is 5.41 Å². The van der Waals surface area contributed by atoms with Gasteiger partial charge < -0.3 is 14.2 Å². The first-order chi connectivity index (χ1) is 12.2. The molecule has 2 aromatic heterocycles. The number of rotatable bonds is 3. The molecule has 0 bridgehead atoms. The third-order valence-electron chi connectivity index (χ3n) is 5.42. The smallest absolute Gasteiger partial charge is 0.289 e. The van der Waals surface area contributed by atoms with Crippen LogP contribution in [0.5, 0.6) is 0 Å². The first kappa shape index (κ1) is 15.9. The lowest BCUT2D eigenvalue weighted by molar-refractivity contribution is -0.138. The van der Waals surface area contributed by atoms with Crippen LogP contribution in [0.2, 0.25) is 0 Å². The molecule has 130 valence electrons. The monoisotopic (exact) mass is 339 g/mol. The third-order valence-corrected chi connectivity index (χ3v) is 5.42. The summed E-state index contributed by atoms with van der Waals surface area (Å²) in [5.74, 6) is 0.490. The number of nitrogens with zero attached hydrogens (tertiary/aromatic N) is 3. The number of amides is 2. The van der Waals surface area contributed by atoms with Crippen molar-refractivity contribution >= 4 is 11.8 Å². The van der Waals surface area contributed by atoms with Gasteiger partial charge in [0, 0.05) is 25.8 Å². The maximum absolute atomic E-state index is 13.0. The number of pyridine rings is 1. The van der Waals surface area contributed by atoms with Crippen LogP contribution in [0.3, 0.4) is 0 Å². The summed E-state index contributed by atoms with van der Waals surface area (Å²) in [6.07, 6.45) is 5.56. The van der Waals surface area contributed by atoms with Gasteiger partial charge >= 0.3 is 0 Å². The van der Waals surface area contributed by atoms with E-state index in [4.69, 9.17) is 4.42 Å². The van der Waals surface area contributed by atoms with Crippen molar-refractivity contribution in [1.29, 1.82) is 0 Å². The Morgan fingerprint density at radius 3 is 2.60 bits per heavy atom. The molecule has 6 heteroatoms. The highest BCUT2D eigenvalue weighted by molar-refractivity contribution is 5.92. The Kier molecular flexibility index (Phi) is 4.03. The Balaban J connectivity index is 1.39. The maximum Gasteiger partial charge on any atom is 0.289 e. The SMILES string of the molecule is O=C(c1ccco1)N1CCC2(CC1)CCN(Cc1ccccn1)C2=O. The average molecular weight is 339 g/mol. The van der Waals surface area contributed by atoms with E-state index in [0.29, 0.717) is 25.4 Å². The summed E-state index contributed by atoms with van der Waals surface area (Å²) in [6.45, 7) is 2.53.